The van der Waals surface area contributed by atoms with E-state index in [1.54, 1.807) is 0 Å². The minimum Gasteiger partial charge on any atom is -0.477 e. The molecule has 0 unspecified atom stereocenters. The second-order valence-electron chi connectivity index (χ2n) is 35.1. The van der Waals surface area contributed by atoms with Gasteiger partial charge in [0.1, 0.15) is 226 Å². The van der Waals surface area contributed by atoms with Gasteiger partial charge in [-0.1, -0.05) is 0 Å². The Kier molecular flexibility index (Phi) is 43.4. The lowest BCUT2D eigenvalue weighted by Gasteiger charge is -2.51. The molecule has 63 heteroatoms. The van der Waals surface area contributed by atoms with Crippen LogP contribution in [0.5, 0.6) is 0 Å². The fraction of sp³-hybridized carbons (Fsp3) is 0.897. The first kappa shape index (κ1) is 118. The molecule has 37 N–H and O–H groups in total. The third kappa shape index (κ3) is 27.1. The highest BCUT2D eigenvalue weighted by atomic mass is 16.8. The van der Waals surface area contributed by atoms with Gasteiger partial charge in [-0.25, -0.2) is 9.59 Å². The Bertz CT molecular complexity index is 4010. The smallest absolute Gasteiger partial charge is 0.364 e. The summed E-state index contributed by atoms with van der Waals surface area (Å²) >= 11 is 0. The fourth-order valence-corrected chi connectivity index (χ4v) is 17.8. The number of ether oxygens (including phenoxy) is 18. The number of amides is 6. The summed E-state index contributed by atoms with van der Waals surface area (Å²) in [5.41, 5.74) is 0. The topological polar surface area (TPSA) is 1000 Å². The van der Waals surface area contributed by atoms with E-state index in [1.807, 2.05) is 0 Å². The molecule has 0 radical (unpaired) electrons. The number of carboxylic acid groups (broad SMARTS) is 2. The molecule has 814 valence electrons. The summed E-state index contributed by atoms with van der Waals surface area (Å²) in [5, 5.41) is 360. The molecule has 9 saturated heterocycles. The van der Waals surface area contributed by atoms with Gasteiger partial charge in [-0.05, 0) is 0 Å². The molecule has 0 saturated carbocycles. The van der Waals surface area contributed by atoms with Crippen molar-refractivity contribution in [3.05, 3.63) is 0 Å². The Balaban J connectivity index is 0.893. The van der Waals surface area contributed by atoms with Crippen LogP contribution < -0.4 is 31.9 Å². The van der Waals surface area contributed by atoms with Crippen molar-refractivity contribution in [2.24, 2.45) is 0 Å². The van der Waals surface area contributed by atoms with Crippen molar-refractivity contribution in [1.82, 2.24) is 31.9 Å². The first-order valence-electron chi connectivity index (χ1n) is 44.3. The third-order valence-corrected chi connectivity index (χ3v) is 24.9. The summed E-state index contributed by atoms with van der Waals surface area (Å²) in [5.74, 6) is -16.7. The van der Waals surface area contributed by atoms with Gasteiger partial charge in [-0.3, -0.25) is 28.8 Å². The van der Waals surface area contributed by atoms with Crippen LogP contribution in [0.4, 0.5) is 0 Å². The number of carboxylic acids is 2. The van der Waals surface area contributed by atoms with Crippen LogP contribution >= 0.6 is 0 Å². The van der Waals surface area contributed by atoms with E-state index in [9.17, 15) is 197 Å². The zero-order valence-electron chi connectivity index (χ0n) is 76.0. The van der Waals surface area contributed by atoms with Crippen LogP contribution in [-0.4, -0.2) is 590 Å². The summed E-state index contributed by atoms with van der Waals surface area (Å²) in [6, 6.07) is -11.4. The number of aliphatic hydroxyl groups is 29. The quantitative estimate of drug-likeness (QED) is 0.0269. The predicted octanol–water partition coefficient (Wildman–Crippen LogP) is -23.9. The standard InChI is InChI=1S/C78H130N6O57/c1-20(95)79-26(9-85)58(132-71-54(116)64(47(109)32(12-88)125-71)136-69-42(83-24(5)99)52(114)60(37(17-93)130-69)134-73-56(118)66(49(111)34(14-90)127-73)140-77(75(120)121)7-27(101)39(80-21(2)96)62(138-77)44(106)29(103)10-86)46(108)31(105)19-124-68-41(82-23(4)98)51(113)59(36(16-92)129-68)133-72-55(117)65(48(110)33(13-89)126-72)137-70-43(84-25(6)100)53(115)61(38(18-94)131-70)135-74-57(119)67(50(112)35(15-91)128-74)141-78(76(122)123)8-28(102)40(81-22(3)97)63(139-78)45(107)30(104)11-87/h26-74,85-94,101-119H,7-19H2,1-6H3,(H,79,95)(H,80,96)(H,81,97)(H,82,98)(H,83,99)(H,84,100)(H,120,121)(H,122,123)/t26-,27-,28-,29+,30+,31+,32+,33+,34+,35+,36+,37+,38+,39+,40+,41+,42+,43+,44+,45+,46-,47-,48-,49-,50-,51+,52+,53+,54+,55+,56+,57+,58+,59+,60+,61+,62+,63+,64-,65-,66-,67-,68+,69-,70-,71-,72-,73-,74-,77-,78-/m0/s1. The van der Waals surface area contributed by atoms with Crippen LogP contribution in [0.1, 0.15) is 54.4 Å². The van der Waals surface area contributed by atoms with E-state index in [0.717, 1.165) is 41.5 Å². The number of hydrogen-bond donors (Lipinski definition) is 37. The van der Waals surface area contributed by atoms with Crippen LogP contribution in [0.3, 0.4) is 0 Å². The van der Waals surface area contributed by atoms with Gasteiger partial charge in [0.25, 0.3) is 11.6 Å². The average molecular weight is 2060 g/mol. The van der Waals surface area contributed by atoms with Crippen molar-refractivity contribution in [2.75, 3.05) is 72.7 Å². The number of carbonyl (C=O) groups excluding carboxylic acids is 6. The second kappa shape index (κ2) is 51.7. The average Bonchev–Trinajstić information content (AvgIpc) is 0.749. The van der Waals surface area contributed by atoms with Gasteiger partial charge in [-0.15, -0.1) is 0 Å². The van der Waals surface area contributed by atoms with Crippen LogP contribution in [0, 0.1) is 0 Å². The molecule has 9 aliphatic heterocycles. The van der Waals surface area contributed by atoms with Crippen LogP contribution in [0.15, 0.2) is 0 Å². The van der Waals surface area contributed by atoms with Crippen LogP contribution in [0.2, 0.25) is 0 Å². The normalized spacial score (nSPS) is 43.0. The first-order valence-corrected chi connectivity index (χ1v) is 44.3. The van der Waals surface area contributed by atoms with Crippen LogP contribution in [-0.2, 0) is 124 Å². The van der Waals surface area contributed by atoms with Gasteiger partial charge in [0.05, 0.1) is 103 Å². The van der Waals surface area contributed by atoms with Gasteiger partial charge in [0.15, 0.2) is 44.0 Å². The van der Waals surface area contributed by atoms with E-state index >= 15 is 0 Å². The van der Waals surface area contributed by atoms with Crippen molar-refractivity contribution < 1.29 is 282 Å². The summed E-state index contributed by atoms with van der Waals surface area (Å²) < 4.78 is 105. The maximum absolute atomic E-state index is 13.2. The minimum absolute atomic E-state index is 0.876. The maximum atomic E-state index is 13.2. The molecule has 0 aliphatic carbocycles. The lowest BCUT2D eigenvalue weighted by molar-refractivity contribution is -0.389. The molecule has 63 nitrogen and oxygen atoms in total. The Morgan fingerprint density at radius 2 is 0.596 bits per heavy atom. The van der Waals surface area contributed by atoms with E-state index in [0.29, 0.717) is 0 Å². The van der Waals surface area contributed by atoms with Crippen LogP contribution in [0.25, 0.3) is 0 Å². The number of aliphatic carboxylic acids is 2. The van der Waals surface area contributed by atoms with Gasteiger partial charge in [0.2, 0.25) is 35.4 Å². The van der Waals surface area contributed by atoms with E-state index in [-0.39, 0.29) is 0 Å². The molecule has 141 heavy (non-hydrogen) atoms. The zero-order chi connectivity index (χ0) is 105. The second-order valence-corrected chi connectivity index (χ2v) is 35.1. The van der Waals surface area contributed by atoms with E-state index in [1.165, 1.54) is 0 Å². The number of nitrogens with one attached hydrogen (secondary N) is 6. The largest absolute Gasteiger partial charge is 0.477 e. The van der Waals surface area contributed by atoms with Crippen molar-refractivity contribution in [1.29, 1.82) is 0 Å². The molecule has 0 spiro atoms. The Labute approximate surface area is 797 Å². The van der Waals surface area contributed by atoms with Gasteiger partial charge >= 0.3 is 11.9 Å². The SMILES string of the molecule is CC(=O)N[C@H]1[C@H](OC[C@@H](O)[C@H](O)[C@H](O[C@@H]2O[C@H](CO)[C@H](O)[C@H](O[C@@H]3O[C@H](CO)[C@@H](O[C@@H]4O[C@H](CO)[C@H](O)[C@H](O[C@]5(C(=O)O)C[C@H](O)[C@@H](NC(C)=O)[C@H]([C@H](O)[C@H](O)CO)O5)[C@H]4O)[C@H](O)[C@H]3NC(C)=O)[C@H]2O)[C@H](CO)NC(C)=O)O[C@H](CO)[C@@H](O[C@@H]2O[C@H](CO)[C@H](O)[C@H](O[C@@H]3O[C@H](CO)[C@@H](O[C@@H]4O[C@H](CO)[C@H](O)[C@H](O[C@]5(C(=O)O)C[C@H](O)[C@@H](NC(C)=O)[C@H]([C@H](O)[C@H](O)CO)O5)[C@H]4O)[C@H](O)[C@H]3NC(C)=O)[C@H]2O)[C@@H]1O. The molecule has 9 rings (SSSR count). The maximum Gasteiger partial charge on any atom is 0.364 e. The molecular formula is C78H130N6O57. The van der Waals surface area contributed by atoms with E-state index in [2.05, 4.69) is 31.9 Å². The molecule has 0 aromatic heterocycles. The summed E-state index contributed by atoms with van der Waals surface area (Å²) in [6.07, 6.45) is -98.6. The molecular weight excluding hydrogens is 1930 g/mol. The zero-order valence-corrected chi connectivity index (χ0v) is 76.0. The fourth-order valence-electron chi connectivity index (χ4n) is 17.8. The number of hydrogen-bond acceptors (Lipinski definition) is 55. The monoisotopic (exact) mass is 2060 g/mol. The lowest BCUT2D eigenvalue weighted by Crippen LogP contribution is -2.71. The van der Waals surface area contributed by atoms with E-state index in [4.69, 9.17) is 85.3 Å². The predicted molar refractivity (Wildman–Crippen MR) is 436 cm³/mol. The molecule has 0 aromatic rings. The number of aliphatic hydroxyl groups excluding tert-OH is 29. The van der Waals surface area contributed by atoms with E-state index < -0.39 is 444 Å². The minimum atomic E-state index is -3.30. The van der Waals surface area contributed by atoms with Gasteiger partial charge in [0, 0.05) is 54.4 Å². The molecule has 0 bridgehead atoms. The molecule has 51 atom stereocenters. The highest BCUT2D eigenvalue weighted by Gasteiger charge is 2.66. The summed E-state index contributed by atoms with van der Waals surface area (Å²) in [4.78, 5) is 103. The third-order valence-electron chi connectivity index (χ3n) is 24.9. The highest BCUT2D eigenvalue weighted by Crippen LogP contribution is 2.44. The summed E-state index contributed by atoms with van der Waals surface area (Å²) in [6.45, 7) is -8.05. The van der Waals surface area contributed by atoms with Crippen molar-refractivity contribution in [2.45, 2.75) is 366 Å². The molecule has 9 heterocycles. The van der Waals surface area contributed by atoms with Gasteiger partial charge in [-0.2, -0.15) is 0 Å². The number of carbonyl (C=O) groups is 8. The lowest BCUT2D eigenvalue weighted by atomic mass is 9.88. The molecule has 6 amide bonds. The molecule has 9 aliphatic rings. The molecule has 9 fully saturated rings. The van der Waals surface area contributed by atoms with Crippen molar-refractivity contribution >= 4 is 47.4 Å². The number of rotatable bonds is 44. The Morgan fingerprint density at radius 1 is 0.319 bits per heavy atom. The van der Waals surface area contributed by atoms with Crippen molar-refractivity contribution in [3.8, 4) is 0 Å². The Hall–Kier alpha value is -6.12. The van der Waals surface area contributed by atoms with Gasteiger partial charge < -0.3 is 275 Å². The van der Waals surface area contributed by atoms with Crippen molar-refractivity contribution in [3.63, 3.8) is 0 Å². The summed E-state index contributed by atoms with van der Waals surface area (Å²) in [7, 11) is 0. The molecule has 0 aromatic carbocycles. The first-order chi connectivity index (χ1) is 66.3. The highest BCUT2D eigenvalue weighted by molar-refractivity contribution is 5.78. The Morgan fingerprint density at radius 3 is 0.894 bits per heavy atom.